The number of rotatable bonds is 4. The number of aromatic nitrogens is 1. The summed E-state index contributed by atoms with van der Waals surface area (Å²) in [5.41, 5.74) is 3.17. The van der Waals surface area contributed by atoms with Crippen molar-refractivity contribution in [2.24, 2.45) is 0 Å². The van der Waals surface area contributed by atoms with E-state index in [0.717, 1.165) is 16.9 Å². The number of nitrogens with zero attached hydrogens (tertiary/aromatic N) is 3. The molecule has 2 aromatic carbocycles. The number of methoxy groups -OCH3 is 1. The van der Waals surface area contributed by atoms with Gasteiger partial charge in [-0.3, -0.25) is 14.6 Å². The average molecular weight is 415 g/mol. The van der Waals surface area contributed by atoms with Crippen LogP contribution in [0.25, 0.3) is 0 Å². The highest BCUT2D eigenvalue weighted by Crippen LogP contribution is 2.42. The summed E-state index contributed by atoms with van der Waals surface area (Å²) in [4.78, 5) is 33.8. The van der Waals surface area contributed by atoms with Crippen LogP contribution in [0.15, 0.2) is 73.1 Å². The van der Waals surface area contributed by atoms with Crippen LogP contribution in [-0.4, -0.2) is 29.9 Å². The number of amides is 2. The molecule has 0 bridgehead atoms. The molecule has 1 aromatic heterocycles. The Morgan fingerprint density at radius 1 is 1.03 bits per heavy atom. The Labute approximate surface area is 182 Å². The lowest BCUT2D eigenvalue weighted by molar-refractivity contribution is -0.117. The first-order chi connectivity index (χ1) is 15.0. The number of para-hydroxylation sites is 1. The summed E-state index contributed by atoms with van der Waals surface area (Å²) < 4.78 is 5.21. The van der Waals surface area contributed by atoms with Gasteiger partial charge in [-0.2, -0.15) is 0 Å². The maximum absolute atomic E-state index is 13.4. The summed E-state index contributed by atoms with van der Waals surface area (Å²) in [6.07, 6.45) is 3.99. The molecule has 0 radical (unpaired) electrons. The lowest BCUT2D eigenvalue weighted by atomic mass is 9.89. The van der Waals surface area contributed by atoms with E-state index in [1.54, 1.807) is 55.6 Å². The molecule has 6 heteroatoms. The van der Waals surface area contributed by atoms with E-state index in [0.29, 0.717) is 17.7 Å². The molecule has 0 spiro atoms. The minimum Gasteiger partial charge on any atom is -0.497 e. The summed E-state index contributed by atoms with van der Waals surface area (Å²) in [6.45, 7) is 3.60. The monoisotopic (exact) mass is 415 g/mol. The van der Waals surface area contributed by atoms with Crippen molar-refractivity contribution in [2.45, 2.75) is 32.4 Å². The second-order valence-electron chi connectivity index (χ2n) is 7.66. The number of anilines is 2. The van der Waals surface area contributed by atoms with Gasteiger partial charge in [0.05, 0.1) is 13.2 Å². The zero-order valence-electron chi connectivity index (χ0n) is 17.9. The van der Waals surface area contributed by atoms with Gasteiger partial charge < -0.3 is 14.5 Å². The Kier molecular flexibility index (Phi) is 5.71. The Morgan fingerprint density at radius 2 is 1.71 bits per heavy atom. The second kappa shape index (κ2) is 8.60. The number of benzene rings is 2. The highest BCUT2D eigenvalue weighted by molar-refractivity contribution is 6.07. The zero-order valence-corrected chi connectivity index (χ0v) is 17.9. The van der Waals surface area contributed by atoms with E-state index in [1.165, 1.54) is 0 Å². The fourth-order valence-electron chi connectivity index (χ4n) is 4.29. The molecule has 31 heavy (non-hydrogen) atoms. The van der Waals surface area contributed by atoms with Crippen LogP contribution in [-0.2, 0) is 4.79 Å². The standard InChI is InChI=1S/C25H25N3O3/c1-17-16-24(28(18(2)29)20-12-14-26-15-13-20)22-6-4-5-7-23(22)27(17)25(30)19-8-10-21(31-3)11-9-19/h4-15,17,24H,16H2,1-3H3/t17-,24+/m0/s1. The van der Waals surface area contributed by atoms with Gasteiger partial charge in [0.15, 0.2) is 0 Å². The summed E-state index contributed by atoms with van der Waals surface area (Å²) in [5, 5.41) is 0. The molecule has 0 N–H and O–H groups in total. The molecule has 3 aromatic rings. The fourth-order valence-corrected chi connectivity index (χ4v) is 4.29. The van der Waals surface area contributed by atoms with Gasteiger partial charge in [-0.1, -0.05) is 18.2 Å². The first-order valence-corrected chi connectivity index (χ1v) is 10.3. The van der Waals surface area contributed by atoms with Crippen LogP contribution in [0.5, 0.6) is 5.75 Å². The van der Waals surface area contributed by atoms with Crippen molar-refractivity contribution >= 4 is 23.2 Å². The molecule has 0 saturated heterocycles. The van der Waals surface area contributed by atoms with Gasteiger partial charge in [0.25, 0.3) is 5.91 Å². The summed E-state index contributed by atoms with van der Waals surface area (Å²) >= 11 is 0. The van der Waals surface area contributed by atoms with Gasteiger partial charge in [-0.05, 0) is 61.4 Å². The first kappa shape index (κ1) is 20.6. The Morgan fingerprint density at radius 3 is 2.35 bits per heavy atom. The van der Waals surface area contributed by atoms with Crippen molar-refractivity contribution in [2.75, 3.05) is 16.9 Å². The largest absolute Gasteiger partial charge is 0.497 e. The predicted molar refractivity (Wildman–Crippen MR) is 120 cm³/mol. The highest BCUT2D eigenvalue weighted by Gasteiger charge is 2.38. The summed E-state index contributed by atoms with van der Waals surface area (Å²) in [5.74, 6) is 0.589. The third-order valence-electron chi connectivity index (χ3n) is 5.71. The number of hydrogen-bond acceptors (Lipinski definition) is 4. The number of pyridine rings is 1. The highest BCUT2D eigenvalue weighted by atomic mass is 16.5. The average Bonchev–Trinajstić information content (AvgIpc) is 2.79. The van der Waals surface area contributed by atoms with Crippen molar-refractivity contribution < 1.29 is 14.3 Å². The normalized spacial score (nSPS) is 17.6. The minimum atomic E-state index is -0.175. The van der Waals surface area contributed by atoms with Crippen LogP contribution < -0.4 is 14.5 Å². The Hall–Kier alpha value is -3.67. The number of carbonyl (C=O) groups is 2. The molecule has 1 aliphatic rings. The number of hydrogen-bond donors (Lipinski definition) is 0. The molecule has 158 valence electrons. The van der Waals surface area contributed by atoms with Crippen molar-refractivity contribution in [3.8, 4) is 5.75 Å². The van der Waals surface area contributed by atoms with Crippen molar-refractivity contribution in [3.05, 3.63) is 84.2 Å². The molecular weight excluding hydrogens is 390 g/mol. The molecule has 0 unspecified atom stereocenters. The molecule has 0 aliphatic carbocycles. The van der Waals surface area contributed by atoms with Crippen molar-refractivity contribution in [1.29, 1.82) is 0 Å². The smallest absolute Gasteiger partial charge is 0.258 e. The maximum atomic E-state index is 13.4. The maximum Gasteiger partial charge on any atom is 0.258 e. The molecular formula is C25H25N3O3. The molecule has 2 amide bonds. The first-order valence-electron chi connectivity index (χ1n) is 10.3. The van der Waals surface area contributed by atoms with Gasteiger partial charge in [0.1, 0.15) is 5.75 Å². The number of carbonyl (C=O) groups excluding carboxylic acids is 2. The van der Waals surface area contributed by atoms with Crippen molar-refractivity contribution in [3.63, 3.8) is 0 Å². The van der Waals surface area contributed by atoms with Gasteiger partial charge in [-0.15, -0.1) is 0 Å². The number of ether oxygens (including phenoxy) is 1. The summed E-state index contributed by atoms with van der Waals surface area (Å²) in [6, 6.07) is 18.4. The molecule has 1 aliphatic heterocycles. The third-order valence-corrected chi connectivity index (χ3v) is 5.71. The fraction of sp³-hybridized carbons (Fsp3) is 0.240. The minimum absolute atomic E-state index is 0.0480. The van der Waals surface area contributed by atoms with E-state index in [2.05, 4.69) is 4.98 Å². The molecule has 6 nitrogen and oxygen atoms in total. The van der Waals surface area contributed by atoms with Crippen LogP contribution in [0, 0.1) is 0 Å². The van der Waals surface area contributed by atoms with Crippen LogP contribution in [0.2, 0.25) is 0 Å². The van der Waals surface area contributed by atoms with Crippen LogP contribution >= 0.6 is 0 Å². The predicted octanol–water partition coefficient (Wildman–Crippen LogP) is 4.62. The van der Waals surface area contributed by atoms with Gasteiger partial charge in [0, 0.05) is 42.3 Å². The molecule has 2 atom stereocenters. The molecule has 2 heterocycles. The summed E-state index contributed by atoms with van der Waals surface area (Å²) in [7, 11) is 1.60. The quantitative estimate of drug-likeness (QED) is 0.624. The SMILES string of the molecule is COc1ccc(C(=O)N2c3ccccc3[C@H](N(C(C)=O)c3ccncc3)C[C@@H]2C)cc1. The van der Waals surface area contributed by atoms with E-state index in [9.17, 15) is 9.59 Å². The van der Waals surface area contributed by atoms with Crippen LogP contribution in [0.3, 0.4) is 0 Å². The molecule has 0 saturated carbocycles. The lowest BCUT2D eigenvalue weighted by Crippen LogP contribution is -2.47. The Bertz CT molecular complexity index is 1080. The molecule has 4 rings (SSSR count). The van der Waals surface area contributed by atoms with E-state index in [4.69, 9.17) is 4.74 Å². The van der Waals surface area contributed by atoms with Gasteiger partial charge in [0.2, 0.25) is 5.91 Å². The topological polar surface area (TPSA) is 62.7 Å². The second-order valence-corrected chi connectivity index (χ2v) is 7.66. The van der Waals surface area contributed by atoms with Crippen LogP contribution in [0.4, 0.5) is 11.4 Å². The molecule has 0 fully saturated rings. The van der Waals surface area contributed by atoms with Gasteiger partial charge >= 0.3 is 0 Å². The Balaban J connectivity index is 1.75. The van der Waals surface area contributed by atoms with Crippen LogP contribution in [0.1, 0.15) is 42.2 Å². The number of fused-ring (bicyclic) bond motifs is 1. The van der Waals surface area contributed by atoms with E-state index < -0.39 is 0 Å². The van der Waals surface area contributed by atoms with E-state index in [-0.39, 0.29) is 23.9 Å². The van der Waals surface area contributed by atoms with Crippen molar-refractivity contribution in [1.82, 2.24) is 4.98 Å². The lowest BCUT2D eigenvalue weighted by Gasteiger charge is -2.43. The van der Waals surface area contributed by atoms with Gasteiger partial charge in [-0.25, -0.2) is 0 Å². The van der Waals surface area contributed by atoms with E-state index >= 15 is 0 Å². The van der Waals surface area contributed by atoms with E-state index in [1.807, 2.05) is 48.2 Å². The zero-order chi connectivity index (χ0) is 22.0. The third kappa shape index (κ3) is 3.89.